The fourth-order valence-corrected chi connectivity index (χ4v) is 3.82. The SMILES string of the molecule is COc1ccc(CN2C(=O)NC(CC(=O)Nc3nc(-c4ccccn4)cs3)C2=O)cc1. The summed E-state index contributed by atoms with van der Waals surface area (Å²) >= 11 is 1.26. The summed E-state index contributed by atoms with van der Waals surface area (Å²) in [5.74, 6) is -0.167. The Morgan fingerprint density at radius 2 is 2.00 bits per heavy atom. The van der Waals surface area contributed by atoms with Gasteiger partial charge in [0.05, 0.1) is 25.8 Å². The lowest BCUT2D eigenvalue weighted by Gasteiger charge is -2.13. The van der Waals surface area contributed by atoms with E-state index in [2.05, 4.69) is 20.6 Å². The first-order valence-electron chi connectivity index (χ1n) is 9.45. The zero-order valence-corrected chi connectivity index (χ0v) is 17.4. The number of anilines is 1. The highest BCUT2D eigenvalue weighted by Gasteiger charge is 2.39. The van der Waals surface area contributed by atoms with Crippen LogP contribution in [0.3, 0.4) is 0 Å². The van der Waals surface area contributed by atoms with Gasteiger partial charge in [-0.05, 0) is 29.8 Å². The van der Waals surface area contributed by atoms with Crippen LogP contribution in [0.1, 0.15) is 12.0 Å². The number of carbonyl (C=O) groups is 3. The van der Waals surface area contributed by atoms with Gasteiger partial charge in [-0.1, -0.05) is 18.2 Å². The van der Waals surface area contributed by atoms with E-state index in [1.807, 2.05) is 18.2 Å². The quantitative estimate of drug-likeness (QED) is 0.550. The van der Waals surface area contributed by atoms with Gasteiger partial charge >= 0.3 is 6.03 Å². The molecule has 0 aliphatic carbocycles. The molecule has 31 heavy (non-hydrogen) atoms. The molecule has 0 bridgehead atoms. The Kier molecular flexibility index (Phi) is 5.89. The van der Waals surface area contributed by atoms with Gasteiger partial charge in [0.2, 0.25) is 5.91 Å². The van der Waals surface area contributed by atoms with Crippen LogP contribution in [0.15, 0.2) is 54.0 Å². The van der Waals surface area contributed by atoms with Crippen molar-refractivity contribution in [2.45, 2.75) is 19.0 Å². The number of urea groups is 1. The van der Waals surface area contributed by atoms with Crippen molar-refractivity contribution in [2.24, 2.45) is 0 Å². The second-order valence-corrected chi connectivity index (χ2v) is 7.64. The predicted molar refractivity (Wildman–Crippen MR) is 114 cm³/mol. The molecule has 1 aliphatic rings. The minimum absolute atomic E-state index is 0.118. The third-order valence-corrected chi connectivity index (χ3v) is 5.43. The number of benzene rings is 1. The summed E-state index contributed by atoms with van der Waals surface area (Å²) in [6.07, 6.45) is 1.49. The fourth-order valence-electron chi connectivity index (χ4n) is 3.10. The van der Waals surface area contributed by atoms with E-state index in [0.29, 0.717) is 22.3 Å². The molecule has 0 saturated carbocycles. The van der Waals surface area contributed by atoms with Crippen LogP contribution >= 0.6 is 11.3 Å². The number of amides is 4. The smallest absolute Gasteiger partial charge is 0.325 e. The lowest BCUT2D eigenvalue weighted by atomic mass is 10.1. The van der Waals surface area contributed by atoms with Gasteiger partial charge < -0.3 is 15.4 Å². The molecular formula is C21H19N5O4S. The van der Waals surface area contributed by atoms with Crippen LogP contribution in [-0.2, 0) is 16.1 Å². The number of thiazole rings is 1. The van der Waals surface area contributed by atoms with Crippen LogP contribution < -0.4 is 15.4 Å². The molecule has 2 N–H and O–H groups in total. The molecule has 9 nitrogen and oxygen atoms in total. The average molecular weight is 437 g/mol. The van der Waals surface area contributed by atoms with Crippen molar-refractivity contribution in [3.8, 4) is 17.1 Å². The van der Waals surface area contributed by atoms with Gasteiger partial charge in [0, 0.05) is 11.6 Å². The summed E-state index contributed by atoms with van der Waals surface area (Å²) in [6, 6.07) is 11.1. The Labute approximate surface area is 182 Å². The van der Waals surface area contributed by atoms with Gasteiger partial charge in [0.15, 0.2) is 5.13 Å². The van der Waals surface area contributed by atoms with E-state index in [9.17, 15) is 14.4 Å². The predicted octanol–water partition coefficient (Wildman–Crippen LogP) is 2.66. The molecule has 1 saturated heterocycles. The number of pyridine rings is 1. The van der Waals surface area contributed by atoms with Crippen LogP contribution in [0.2, 0.25) is 0 Å². The third-order valence-electron chi connectivity index (χ3n) is 4.67. The Morgan fingerprint density at radius 3 is 2.71 bits per heavy atom. The molecule has 1 atom stereocenters. The molecule has 3 aromatic rings. The van der Waals surface area contributed by atoms with Gasteiger partial charge in [0.1, 0.15) is 17.5 Å². The highest BCUT2D eigenvalue weighted by atomic mass is 32.1. The number of methoxy groups -OCH3 is 1. The Balaban J connectivity index is 1.35. The van der Waals surface area contributed by atoms with E-state index in [-0.39, 0.29) is 13.0 Å². The molecule has 4 rings (SSSR count). The highest BCUT2D eigenvalue weighted by molar-refractivity contribution is 7.14. The van der Waals surface area contributed by atoms with Crippen molar-refractivity contribution in [1.29, 1.82) is 0 Å². The zero-order valence-electron chi connectivity index (χ0n) is 16.6. The number of rotatable bonds is 7. The van der Waals surface area contributed by atoms with Gasteiger partial charge in [-0.15, -0.1) is 11.3 Å². The number of hydrogen-bond acceptors (Lipinski definition) is 7. The average Bonchev–Trinajstić information content (AvgIpc) is 3.35. The molecule has 4 amide bonds. The first kappa shape index (κ1) is 20.5. The van der Waals surface area contributed by atoms with Gasteiger partial charge in [-0.2, -0.15) is 0 Å². The summed E-state index contributed by atoms with van der Waals surface area (Å²) in [7, 11) is 1.56. The number of nitrogens with zero attached hydrogens (tertiary/aromatic N) is 3. The molecular weight excluding hydrogens is 418 g/mol. The lowest BCUT2D eigenvalue weighted by Crippen LogP contribution is -2.34. The van der Waals surface area contributed by atoms with Crippen LogP contribution in [0.25, 0.3) is 11.4 Å². The first-order chi connectivity index (χ1) is 15.0. The zero-order chi connectivity index (χ0) is 21.8. The Morgan fingerprint density at radius 1 is 1.19 bits per heavy atom. The van der Waals surface area contributed by atoms with E-state index in [1.54, 1.807) is 43.0 Å². The van der Waals surface area contributed by atoms with Crippen LogP contribution in [0, 0.1) is 0 Å². The van der Waals surface area contributed by atoms with Crippen LogP contribution in [0.4, 0.5) is 9.93 Å². The van der Waals surface area contributed by atoms with Crippen molar-refractivity contribution in [2.75, 3.05) is 12.4 Å². The van der Waals surface area contributed by atoms with Gasteiger partial charge in [-0.3, -0.25) is 19.5 Å². The van der Waals surface area contributed by atoms with Crippen LogP contribution in [0.5, 0.6) is 5.75 Å². The number of aromatic nitrogens is 2. The second kappa shape index (κ2) is 8.92. The number of hydrogen-bond donors (Lipinski definition) is 2. The van der Waals surface area contributed by atoms with Crippen molar-refractivity contribution < 1.29 is 19.1 Å². The molecule has 1 aliphatic heterocycles. The molecule has 158 valence electrons. The third kappa shape index (κ3) is 4.69. The molecule has 2 aromatic heterocycles. The largest absolute Gasteiger partial charge is 0.497 e. The molecule has 10 heteroatoms. The minimum atomic E-state index is -0.916. The minimum Gasteiger partial charge on any atom is -0.497 e. The van der Waals surface area contributed by atoms with E-state index < -0.39 is 23.9 Å². The van der Waals surface area contributed by atoms with Crippen molar-refractivity contribution in [3.05, 3.63) is 59.6 Å². The summed E-state index contributed by atoms with van der Waals surface area (Å²) in [4.78, 5) is 47.0. The highest BCUT2D eigenvalue weighted by Crippen LogP contribution is 2.23. The van der Waals surface area contributed by atoms with Crippen molar-refractivity contribution >= 4 is 34.3 Å². The number of nitrogens with one attached hydrogen (secondary N) is 2. The maximum atomic E-state index is 12.6. The van der Waals surface area contributed by atoms with Crippen molar-refractivity contribution in [3.63, 3.8) is 0 Å². The molecule has 1 unspecified atom stereocenters. The maximum absolute atomic E-state index is 12.6. The summed E-state index contributed by atoms with van der Waals surface area (Å²) in [6.45, 7) is 0.118. The maximum Gasteiger partial charge on any atom is 0.325 e. The normalized spacial score (nSPS) is 15.6. The Hall–Kier alpha value is -3.79. The molecule has 1 fully saturated rings. The first-order valence-corrected chi connectivity index (χ1v) is 10.3. The van der Waals surface area contributed by atoms with E-state index in [1.165, 1.54) is 11.3 Å². The number of ether oxygens (including phenoxy) is 1. The molecule has 1 aromatic carbocycles. The summed E-state index contributed by atoms with van der Waals surface area (Å²) in [5, 5.41) is 7.43. The number of imide groups is 1. The van der Waals surface area contributed by atoms with Crippen LogP contribution in [-0.4, -0.2) is 45.9 Å². The second-order valence-electron chi connectivity index (χ2n) is 6.78. The van der Waals surface area contributed by atoms with Gasteiger partial charge in [0.25, 0.3) is 5.91 Å². The fraction of sp³-hybridized carbons (Fsp3) is 0.190. The Bertz CT molecular complexity index is 1100. The molecule has 3 heterocycles. The molecule has 0 spiro atoms. The number of carbonyl (C=O) groups excluding carboxylic acids is 3. The topological polar surface area (TPSA) is 114 Å². The van der Waals surface area contributed by atoms with Crippen molar-refractivity contribution in [1.82, 2.24) is 20.2 Å². The van der Waals surface area contributed by atoms with Gasteiger partial charge in [-0.25, -0.2) is 9.78 Å². The van der Waals surface area contributed by atoms with E-state index in [0.717, 1.165) is 10.5 Å². The summed E-state index contributed by atoms with van der Waals surface area (Å²) in [5.41, 5.74) is 2.13. The monoisotopic (exact) mass is 437 g/mol. The van der Waals surface area contributed by atoms with E-state index >= 15 is 0 Å². The molecule has 0 radical (unpaired) electrons. The summed E-state index contributed by atoms with van der Waals surface area (Å²) < 4.78 is 5.11. The lowest BCUT2D eigenvalue weighted by molar-refractivity contribution is -0.130. The standard InChI is InChI=1S/C21H19N5O4S/c1-30-14-7-5-13(6-8-14)11-26-19(28)16(24-21(26)29)10-18(27)25-20-23-17(12-31-20)15-4-2-3-9-22-15/h2-9,12,16H,10-11H2,1H3,(H,24,29)(H,23,25,27). The van der Waals surface area contributed by atoms with E-state index in [4.69, 9.17) is 4.74 Å².